The molecule has 0 aromatic heterocycles. The topological polar surface area (TPSA) is 63.4 Å². The summed E-state index contributed by atoms with van der Waals surface area (Å²) in [6.45, 7) is 2.06. The Labute approximate surface area is 119 Å². The van der Waals surface area contributed by atoms with Crippen LogP contribution in [-0.2, 0) is 16.6 Å². The molecule has 1 aliphatic carbocycles. The van der Waals surface area contributed by atoms with E-state index in [9.17, 15) is 8.42 Å². The number of hydrogen-bond acceptors (Lipinski definition) is 3. The zero-order chi connectivity index (χ0) is 14.2. The number of nitrogens with two attached hydrogens (primary N) is 1. The Bertz CT molecular complexity index is 583. The van der Waals surface area contributed by atoms with Gasteiger partial charge in [-0.3, -0.25) is 0 Å². The monoisotopic (exact) mass is 302 g/mol. The van der Waals surface area contributed by atoms with Crippen molar-refractivity contribution in [1.29, 1.82) is 0 Å². The largest absolute Gasteiger partial charge is 0.326 e. The Morgan fingerprint density at radius 3 is 2.53 bits per heavy atom. The highest BCUT2D eigenvalue weighted by atomic mass is 35.5. The lowest BCUT2D eigenvalue weighted by Crippen LogP contribution is -2.41. The molecule has 0 aliphatic heterocycles. The molecule has 0 saturated heterocycles. The lowest BCUT2D eigenvalue weighted by atomic mass is 9.94. The molecular formula is C13H19ClN2O2S. The average Bonchev–Trinajstić information content (AvgIpc) is 2.29. The maximum Gasteiger partial charge on any atom is 0.243 e. The lowest BCUT2D eigenvalue weighted by molar-refractivity contribution is 0.249. The van der Waals surface area contributed by atoms with Gasteiger partial charge in [-0.1, -0.05) is 18.0 Å². The van der Waals surface area contributed by atoms with Crippen molar-refractivity contribution in [3.05, 3.63) is 28.3 Å². The van der Waals surface area contributed by atoms with Crippen molar-refractivity contribution in [2.24, 2.45) is 5.73 Å². The van der Waals surface area contributed by atoms with Gasteiger partial charge in [0.05, 0.1) is 4.90 Å². The van der Waals surface area contributed by atoms with Crippen molar-refractivity contribution in [3.63, 3.8) is 0 Å². The Hall–Kier alpha value is -0.620. The van der Waals surface area contributed by atoms with Gasteiger partial charge in [-0.05, 0) is 43.0 Å². The van der Waals surface area contributed by atoms with E-state index < -0.39 is 10.0 Å². The highest BCUT2D eigenvalue weighted by Crippen LogP contribution is 2.31. The fourth-order valence-corrected chi connectivity index (χ4v) is 4.30. The van der Waals surface area contributed by atoms with Gasteiger partial charge in [-0.25, -0.2) is 8.42 Å². The van der Waals surface area contributed by atoms with Crippen LogP contribution in [0.25, 0.3) is 0 Å². The summed E-state index contributed by atoms with van der Waals surface area (Å²) < 4.78 is 26.7. The molecule has 0 amide bonds. The zero-order valence-corrected chi connectivity index (χ0v) is 12.8. The van der Waals surface area contributed by atoms with E-state index in [1.807, 2.05) is 0 Å². The van der Waals surface area contributed by atoms with E-state index in [0.717, 1.165) is 24.8 Å². The van der Waals surface area contributed by atoms with Gasteiger partial charge in [0.1, 0.15) is 0 Å². The van der Waals surface area contributed by atoms with Gasteiger partial charge in [0.25, 0.3) is 0 Å². The first-order chi connectivity index (χ1) is 8.87. The van der Waals surface area contributed by atoms with Crippen molar-refractivity contribution in [1.82, 2.24) is 4.31 Å². The van der Waals surface area contributed by atoms with Gasteiger partial charge >= 0.3 is 0 Å². The van der Waals surface area contributed by atoms with E-state index in [1.54, 1.807) is 20.0 Å². The van der Waals surface area contributed by atoms with E-state index in [1.165, 1.54) is 10.4 Å². The average molecular weight is 303 g/mol. The molecule has 0 unspecified atom stereocenters. The van der Waals surface area contributed by atoms with Crippen molar-refractivity contribution in [2.75, 3.05) is 7.05 Å². The number of hydrogen-bond donors (Lipinski definition) is 1. The van der Waals surface area contributed by atoms with Gasteiger partial charge in [-0.15, -0.1) is 0 Å². The van der Waals surface area contributed by atoms with Crippen LogP contribution >= 0.6 is 11.6 Å². The van der Waals surface area contributed by atoms with Crippen LogP contribution in [0.1, 0.15) is 30.4 Å². The number of nitrogens with zero attached hydrogens (tertiary/aromatic N) is 1. The third-order valence-electron chi connectivity index (χ3n) is 3.90. The molecule has 1 saturated carbocycles. The number of sulfonamides is 1. The molecule has 1 aromatic rings. The summed E-state index contributed by atoms with van der Waals surface area (Å²) in [4.78, 5) is 0.273. The van der Waals surface area contributed by atoms with Gasteiger partial charge in [0, 0.05) is 24.7 Å². The Morgan fingerprint density at radius 1 is 1.42 bits per heavy atom. The molecule has 6 heteroatoms. The predicted octanol–water partition coefficient (Wildman–Crippen LogP) is 2.28. The lowest BCUT2D eigenvalue weighted by Gasteiger charge is -2.34. The summed E-state index contributed by atoms with van der Waals surface area (Å²) in [5.74, 6) is 0. The van der Waals surface area contributed by atoms with Crippen LogP contribution in [0.15, 0.2) is 17.0 Å². The number of benzene rings is 1. The second-order valence-electron chi connectivity index (χ2n) is 5.00. The van der Waals surface area contributed by atoms with Gasteiger partial charge in [0.2, 0.25) is 10.0 Å². The Morgan fingerprint density at radius 2 is 2.05 bits per heavy atom. The van der Waals surface area contributed by atoms with E-state index in [-0.39, 0.29) is 17.5 Å². The van der Waals surface area contributed by atoms with Crippen LogP contribution in [0, 0.1) is 6.92 Å². The van der Waals surface area contributed by atoms with E-state index in [2.05, 4.69) is 0 Å². The van der Waals surface area contributed by atoms with E-state index in [0.29, 0.717) is 10.6 Å². The minimum Gasteiger partial charge on any atom is -0.326 e. The molecule has 4 nitrogen and oxygen atoms in total. The molecule has 2 N–H and O–H groups in total. The number of rotatable bonds is 4. The highest BCUT2D eigenvalue weighted by Gasteiger charge is 2.33. The summed E-state index contributed by atoms with van der Waals surface area (Å²) in [5, 5.41) is 0.409. The molecule has 0 heterocycles. The standard InChI is InChI=1S/C13H19ClN2O2S/c1-9-10(8-15)6-11(14)7-13(9)19(17,18)16(2)12-4-3-5-12/h6-7,12H,3-5,8,15H2,1-2H3. The molecule has 2 rings (SSSR count). The van der Waals surface area contributed by atoms with Crippen LogP contribution in [0.5, 0.6) is 0 Å². The summed E-state index contributed by atoms with van der Waals surface area (Å²) >= 11 is 6.00. The van der Waals surface area contributed by atoms with Crippen LogP contribution in [0.2, 0.25) is 5.02 Å². The maximum absolute atomic E-state index is 12.6. The Kier molecular flexibility index (Phi) is 4.20. The maximum atomic E-state index is 12.6. The SMILES string of the molecule is Cc1c(CN)cc(Cl)cc1S(=O)(=O)N(C)C1CCC1. The molecule has 19 heavy (non-hydrogen) atoms. The smallest absolute Gasteiger partial charge is 0.243 e. The minimum absolute atomic E-state index is 0.115. The van der Waals surface area contributed by atoms with Crippen molar-refractivity contribution < 1.29 is 8.42 Å². The Balaban J connectivity index is 2.47. The normalized spacial score (nSPS) is 16.7. The highest BCUT2D eigenvalue weighted by molar-refractivity contribution is 7.89. The fourth-order valence-electron chi connectivity index (χ4n) is 2.29. The van der Waals surface area contributed by atoms with Crippen LogP contribution in [0.3, 0.4) is 0 Å². The molecular weight excluding hydrogens is 284 g/mol. The molecule has 0 atom stereocenters. The molecule has 1 aromatic carbocycles. The van der Waals surface area contributed by atoms with E-state index >= 15 is 0 Å². The molecule has 0 spiro atoms. The molecule has 1 aliphatic rings. The van der Waals surface area contributed by atoms with Crippen LogP contribution in [-0.4, -0.2) is 25.8 Å². The third kappa shape index (κ3) is 2.65. The summed E-state index contributed by atoms with van der Waals surface area (Å²) in [6.07, 6.45) is 2.95. The van der Waals surface area contributed by atoms with Gasteiger partial charge in [0.15, 0.2) is 0 Å². The van der Waals surface area contributed by atoms with Crippen LogP contribution in [0.4, 0.5) is 0 Å². The molecule has 0 radical (unpaired) electrons. The minimum atomic E-state index is -3.49. The van der Waals surface area contributed by atoms with Crippen LogP contribution < -0.4 is 5.73 Å². The summed E-state index contributed by atoms with van der Waals surface area (Å²) in [5.41, 5.74) is 7.10. The quantitative estimate of drug-likeness (QED) is 0.928. The molecule has 1 fully saturated rings. The predicted molar refractivity (Wildman–Crippen MR) is 76.7 cm³/mol. The van der Waals surface area contributed by atoms with Gasteiger partial charge < -0.3 is 5.73 Å². The molecule has 106 valence electrons. The van der Waals surface area contributed by atoms with Crippen molar-refractivity contribution in [2.45, 2.75) is 43.7 Å². The zero-order valence-electron chi connectivity index (χ0n) is 11.2. The first-order valence-corrected chi connectivity index (χ1v) is 8.17. The second-order valence-corrected chi connectivity index (χ2v) is 7.40. The van der Waals surface area contributed by atoms with E-state index in [4.69, 9.17) is 17.3 Å². The first kappa shape index (κ1) is 14.8. The van der Waals surface area contributed by atoms with Gasteiger partial charge in [-0.2, -0.15) is 4.31 Å². The summed E-state index contributed by atoms with van der Waals surface area (Å²) in [6, 6.07) is 3.35. The second kappa shape index (κ2) is 5.40. The third-order valence-corrected chi connectivity index (χ3v) is 6.15. The molecule has 0 bridgehead atoms. The fraction of sp³-hybridized carbons (Fsp3) is 0.538. The first-order valence-electron chi connectivity index (χ1n) is 6.35. The number of halogens is 1. The summed E-state index contributed by atoms with van der Waals surface area (Å²) in [7, 11) is -1.85. The van der Waals surface area contributed by atoms with Crippen molar-refractivity contribution in [3.8, 4) is 0 Å². The van der Waals surface area contributed by atoms with Crippen molar-refractivity contribution >= 4 is 21.6 Å².